The molecule has 2 unspecified atom stereocenters. The molecule has 0 N–H and O–H groups in total. The van der Waals surface area contributed by atoms with Gasteiger partial charge in [-0.15, -0.1) is 0 Å². The van der Waals surface area contributed by atoms with Crippen LogP contribution in [0.25, 0.3) is 54.6 Å². The van der Waals surface area contributed by atoms with E-state index in [1.165, 1.54) is 70.5 Å². The lowest BCUT2D eigenvalue weighted by Crippen LogP contribution is -2.14. The highest BCUT2D eigenvalue weighted by Gasteiger charge is 2.23. The average Bonchev–Trinajstić information content (AvgIpc) is 3.12. The fraction of sp³-hybridized carbons (Fsp3) is 0.0233. The molecule has 0 spiro atoms. The van der Waals surface area contributed by atoms with E-state index in [2.05, 4.69) is 183 Å². The lowest BCUT2D eigenvalue weighted by molar-refractivity contribution is 1.68. The first-order valence-electron chi connectivity index (χ1n) is 15.4. The molecule has 0 saturated heterocycles. The van der Waals surface area contributed by atoms with E-state index in [0.29, 0.717) is 0 Å². The Morgan fingerprint density at radius 1 is 0.333 bits per heavy atom. The van der Waals surface area contributed by atoms with Crippen LogP contribution in [-0.2, 0) is 0 Å². The van der Waals surface area contributed by atoms with E-state index in [0.717, 1.165) is 0 Å². The van der Waals surface area contributed by atoms with Gasteiger partial charge in [0.2, 0.25) is 0 Å². The van der Waals surface area contributed by atoms with Crippen molar-refractivity contribution in [3.63, 3.8) is 0 Å². The summed E-state index contributed by atoms with van der Waals surface area (Å²) in [6.45, 7) is 2.45. The largest absolute Gasteiger partial charge is 0.0622 e. The van der Waals surface area contributed by atoms with Crippen LogP contribution >= 0.6 is 15.2 Å². The average molecular weight is 611 g/mol. The lowest BCUT2D eigenvalue weighted by atomic mass is 9.85. The summed E-state index contributed by atoms with van der Waals surface area (Å²) >= 11 is 0. The van der Waals surface area contributed by atoms with Gasteiger partial charge in [0.05, 0.1) is 0 Å². The van der Waals surface area contributed by atoms with E-state index in [1.807, 2.05) is 0 Å². The highest BCUT2D eigenvalue weighted by molar-refractivity contribution is 8.38. The zero-order chi connectivity index (χ0) is 30.2. The molecule has 0 aromatic heterocycles. The number of rotatable bonds is 6. The monoisotopic (exact) mass is 610 g/mol. The fourth-order valence-corrected chi connectivity index (χ4v) is 13.4. The summed E-state index contributed by atoms with van der Waals surface area (Å²) in [6.07, 6.45) is 0. The number of hydrogen-bond donors (Lipinski definition) is 0. The molecule has 0 radical (unpaired) electrons. The van der Waals surface area contributed by atoms with Gasteiger partial charge >= 0.3 is 0 Å². The molecule has 0 aliphatic carbocycles. The Morgan fingerprint density at radius 2 is 0.778 bits per heavy atom. The summed E-state index contributed by atoms with van der Waals surface area (Å²) in [5, 5.41) is 12.0. The van der Waals surface area contributed by atoms with Gasteiger partial charge in [0.25, 0.3) is 0 Å². The highest BCUT2D eigenvalue weighted by Crippen LogP contribution is 2.64. The predicted octanol–water partition coefficient (Wildman–Crippen LogP) is 11.3. The van der Waals surface area contributed by atoms with Crippen molar-refractivity contribution in [3.05, 3.63) is 176 Å². The molecule has 2 heteroatoms. The van der Waals surface area contributed by atoms with E-state index in [1.54, 1.807) is 0 Å². The van der Waals surface area contributed by atoms with E-state index in [4.69, 9.17) is 0 Å². The minimum atomic E-state index is -0.526. The fourth-order valence-electron chi connectivity index (χ4n) is 6.77. The maximum Gasteiger partial charge on any atom is -0.00201 e. The summed E-state index contributed by atoms with van der Waals surface area (Å²) < 4.78 is 0. The predicted molar refractivity (Wildman–Crippen MR) is 201 cm³/mol. The Labute approximate surface area is 267 Å². The molecule has 2 atom stereocenters. The number of hydrogen-bond acceptors (Lipinski definition) is 0. The molecule has 8 aromatic carbocycles. The molecule has 0 amide bonds. The summed E-state index contributed by atoms with van der Waals surface area (Å²) in [4.78, 5) is 0. The van der Waals surface area contributed by atoms with Gasteiger partial charge < -0.3 is 0 Å². The Bertz CT molecular complexity index is 2210. The first-order chi connectivity index (χ1) is 22.3. The van der Waals surface area contributed by atoms with Crippen molar-refractivity contribution in [1.29, 1.82) is 0 Å². The van der Waals surface area contributed by atoms with Crippen molar-refractivity contribution in [2.24, 2.45) is 0 Å². The van der Waals surface area contributed by atoms with Crippen LogP contribution in [0.4, 0.5) is 0 Å². The molecule has 0 fully saturated rings. The minimum absolute atomic E-state index is 0.392. The van der Waals surface area contributed by atoms with Gasteiger partial charge in [-0.3, -0.25) is 0 Å². The first-order valence-corrected chi connectivity index (χ1v) is 19.3. The first kappa shape index (κ1) is 27.9. The van der Waals surface area contributed by atoms with Gasteiger partial charge in [0.15, 0.2) is 0 Å². The SMILES string of the molecule is CP(c1ccccc1)P(c1ccccc1)c1ccc(-c2c3ccccc3c(-c3cccc4ccccc34)c3ccccc23)cc1. The molecule has 0 heterocycles. The Balaban J connectivity index is 1.32. The Morgan fingerprint density at radius 3 is 1.38 bits per heavy atom. The lowest BCUT2D eigenvalue weighted by Gasteiger charge is -2.26. The van der Waals surface area contributed by atoms with Crippen LogP contribution in [0, 0.1) is 0 Å². The summed E-state index contributed by atoms with van der Waals surface area (Å²) in [7, 11) is -0.919. The van der Waals surface area contributed by atoms with Crippen LogP contribution in [0.2, 0.25) is 0 Å². The zero-order valence-corrected chi connectivity index (χ0v) is 26.9. The second-order valence-corrected chi connectivity index (χ2v) is 17.6. The molecular weight excluding hydrogens is 578 g/mol. The third-order valence-corrected chi connectivity index (χ3v) is 15.9. The quantitative estimate of drug-likeness (QED) is 0.130. The minimum Gasteiger partial charge on any atom is -0.0622 e. The summed E-state index contributed by atoms with van der Waals surface area (Å²) in [6, 6.07) is 65.1. The van der Waals surface area contributed by atoms with Crippen molar-refractivity contribution in [1.82, 2.24) is 0 Å². The van der Waals surface area contributed by atoms with E-state index >= 15 is 0 Å². The van der Waals surface area contributed by atoms with Crippen molar-refractivity contribution in [2.45, 2.75) is 0 Å². The Kier molecular flexibility index (Phi) is 7.48. The Hall–Kier alpha value is -4.60. The topological polar surface area (TPSA) is 0 Å². The van der Waals surface area contributed by atoms with Crippen LogP contribution in [0.5, 0.6) is 0 Å². The van der Waals surface area contributed by atoms with E-state index in [-0.39, 0.29) is 0 Å². The van der Waals surface area contributed by atoms with Crippen LogP contribution < -0.4 is 15.9 Å². The molecule has 0 bridgehead atoms. The van der Waals surface area contributed by atoms with Gasteiger partial charge in [0, 0.05) is 0 Å². The third-order valence-electron chi connectivity index (χ3n) is 8.82. The smallest absolute Gasteiger partial charge is 0.00201 e. The number of benzene rings is 8. The summed E-state index contributed by atoms with van der Waals surface area (Å²) in [5.41, 5.74) is 5.17. The molecule has 0 nitrogen and oxygen atoms in total. The molecular formula is C43H32P2. The normalized spacial score (nSPS) is 12.8. The standard InChI is InChI=1S/C43H32P2/c1-44(33-17-4-2-5-18-33)45(34-19-6-3-7-20-34)35-29-27-32(28-30-35)42-38-22-10-12-24-40(38)43(41-25-13-11-23-39(41)42)37-26-14-16-31-15-8-9-21-36(31)37/h2-30H,1H3. The molecule has 45 heavy (non-hydrogen) atoms. The van der Waals surface area contributed by atoms with Crippen LogP contribution in [0.15, 0.2) is 176 Å². The van der Waals surface area contributed by atoms with Gasteiger partial charge in [-0.1, -0.05) is 176 Å². The van der Waals surface area contributed by atoms with Crippen LogP contribution in [-0.4, -0.2) is 6.66 Å². The molecule has 214 valence electrons. The van der Waals surface area contributed by atoms with Gasteiger partial charge in [-0.05, 0) is 92.4 Å². The van der Waals surface area contributed by atoms with Crippen LogP contribution in [0.3, 0.4) is 0 Å². The van der Waals surface area contributed by atoms with Gasteiger partial charge in [0.1, 0.15) is 0 Å². The molecule has 0 saturated carbocycles. The summed E-state index contributed by atoms with van der Waals surface area (Å²) in [5.74, 6) is 0. The number of fused-ring (bicyclic) bond motifs is 3. The second kappa shape index (κ2) is 12.1. The van der Waals surface area contributed by atoms with Crippen LogP contribution in [0.1, 0.15) is 0 Å². The van der Waals surface area contributed by atoms with Crippen molar-refractivity contribution >= 4 is 63.5 Å². The van der Waals surface area contributed by atoms with Gasteiger partial charge in [-0.25, -0.2) is 0 Å². The van der Waals surface area contributed by atoms with E-state index in [9.17, 15) is 0 Å². The van der Waals surface area contributed by atoms with Crippen molar-refractivity contribution in [2.75, 3.05) is 6.66 Å². The van der Waals surface area contributed by atoms with Crippen molar-refractivity contribution < 1.29 is 0 Å². The molecule has 8 aromatic rings. The van der Waals surface area contributed by atoms with Crippen molar-refractivity contribution in [3.8, 4) is 22.3 Å². The maximum absolute atomic E-state index is 2.45. The maximum atomic E-state index is 2.45. The highest BCUT2D eigenvalue weighted by atomic mass is 32.1. The second-order valence-electron chi connectivity index (χ2n) is 11.4. The molecule has 8 rings (SSSR count). The third kappa shape index (κ3) is 5.06. The zero-order valence-electron chi connectivity index (χ0n) is 25.1. The molecule has 0 aliphatic heterocycles. The van der Waals surface area contributed by atoms with Gasteiger partial charge in [-0.2, -0.15) is 0 Å². The molecule has 0 aliphatic rings. The van der Waals surface area contributed by atoms with E-state index < -0.39 is 15.2 Å².